The molecule has 0 radical (unpaired) electrons. The summed E-state index contributed by atoms with van der Waals surface area (Å²) in [6.45, 7) is 3.37. The first-order valence-electron chi connectivity index (χ1n) is 8.79. The normalized spacial score (nSPS) is 20.3. The molecule has 2 aromatic rings. The standard InChI is InChI=1S/C18H22N6O2/c1-22-9-7-20-16(22)15-12-19-6-10-24(15)17(25)13-2-4-14(5-3-13)23-11-8-21-18(23)26/h2-5,7,9,15,19H,6,8,10-12H2,1H3,(H,21,26). The molecule has 3 amide bonds. The Bertz CT molecular complexity index is 815. The highest BCUT2D eigenvalue weighted by atomic mass is 16.2. The van der Waals surface area contributed by atoms with Crippen LogP contribution >= 0.6 is 0 Å². The molecule has 2 aliphatic rings. The molecule has 3 heterocycles. The van der Waals surface area contributed by atoms with Crippen LogP contribution in [0.25, 0.3) is 0 Å². The van der Waals surface area contributed by atoms with Crippen molar-refractivity contribution in [2.45, 2.75) is 6.04 Å². The summed E-state index contributed by atoms with van der Waals surface area (Å²) in [6, 6.07) is 7.05. The van der Waals surface area contributed by atoms with Gasteiger partial charge >= 0.3 is 6.03 Å². The SMILES string of the molecule is Cn1ccnc1C1CNCCN1C(=O)c1ccc(N2CCNC2=O)cc1. The van der Waals surface area contributed by atoms with Gasteiger partial charge in [0, 0.05) is 63.4 Å². The number of imidazole rings is 1. The number of anilines is 1. The van der Waals surface area contributed by atoms with Gasteiger partial charge in [0.25, 0.3) is 5.91 Å². The summed E-state index contributed by atoms with van der Waals surface area (Å²) in [4.78, 5) is 32.8. The molecule has 8 nitrogen and oxygen atoms in total. The summed E-state index contributed by atoms with van der Waals surface area (Å²) >= 11 is 0. The fourth-order valence-electron chi connectivity index (χ4n) is 3.54. The first kappa shape index (κ1) is 16.6. The molecule has 2 aliphatic heterocycles. The van der Waals surface area contributed by atoms with Crippen molar-refractivity contribution < 1.29 is 9.59 Å². The van der Waals surface area contributed by atoms with Crippen LogP contribution in [0.2, 0.25) is 0 Å². The highest BCUT2D eigenvalue weighted by molar-refractivity contribution is 5.97. The van der Waals surface area contributed by atoms with E-state index in [1.54, 1.807) is 23.2 Å². The van der Waals surface area contributed by atoms with Crippen LogP contribution in [0.4, 0.5) is 10.5 Å². The van der Waals surface area contributed by atoms with Gasteiger partial charge in [-0.15, -0.1) is 0 Å². The Morgan fingerprint density at radius 2 is 2.00 bits per heavy atom. The number of hydrogen-bond donors (Lipinski definition) is 2. The Kier molecular flexibility index (Phi) is 4.34. The van der Waals surface area contributed by atoms with Crippen LogP contribution in [-0.4, -0.2) is 59.1 Å². The molecule has 1 unspecified atom stereocenters. The van der Waals surface area contributed by atoms with Crippen molar-refractivity contribution in [1.82, 2.24) is 25.1 Å². The van der Waals surface area contributed by atoms with E-state index in [-0.39, 0.29) is 18.0 Å². The first-order valence-corrected chi connectivity index (χ1v) is 8.79. The third-order valence-electron chi connectivity index (χ3n) is 4.94. The minimum atomic E-state index is -0.0970. The molecule has 4 rings (SSSR count). The molecule has 0 aliphatic carbocycles. The van der Waals surface area contributed by atoms with Crippen molar-refractivity contribution in [3.63, 3.8) is 0 Å². The average molecular weight is 354 g/mol. The number of carbonyl (C=O) groups is 2. The molecule has 2 saturated heterocycles. The summed E-state index contributed by atoms with van der Waals surface area (Å²) < 4.78 is 1.95. The fourth-order valence-corrected chi connectivity index (χ4v) is 3.54. The number of hydrogen-bond acceptors (Lipinski definition) is 4. The Labute approximate surface area is 151 Å². The van der Waals surface area contributed by atoms with E-state index in [1.165, 1.54) is 0 Å². The summed E-state index contributed by atoms with van der Waals surface area (Å²) in [5, 5.41) is 6.12. The minimum Gasteiger partial charge on any atom is -0.336 e. The van der Waals surface area contributed by atoms with Crippen LogP contribution in [0.3, 0.4) is 0 Å². The second kappa shape index (κ2) is 6.80. The summed E-state index contributed by atoms with van der Waals surface area (Å²) in [5.41, 5.74) is 1.42. The lowest BCUT2D eigenvalue weighted by Gasteiger charge is -2.35. The zero-order valence-electron chi connectivity index (χ0n) is 14.7. The number of aryl methyl sites for hydroxylation is 1. The Balaban J connectivity index is 1.55. The number of rotatable bonds is 3. The Morgan fingerprint density at radius 1 is 1.19 bits per heavy atom. The third kappa shape index (κ3) is 2.92. The van der Waals surface area contributed by atoms with E-state index in [0.29, 0.717) is 31.7 Å². The second-order valence-corrected chi connectivity index (χ2v) is 6.55. The number of carbonyl (C=O) groups excluding carboxylic acids is 2. The van der Waals surface area contributed by atoms with Crippen molar-refractivity contribution in [1.29, 1.82) is 0 Å². The minimum absolute atomic E-state index is 0.0167. The number of urea groups is 1. The molecule has 1 atom stereocenters. The van der Waals surface area contributed by atoms with Crippen LogP contribution in [0.5, 0.6) is 0 Å². The molecule has 136 valence electrons. The quantitative estimate of drug-likeness (QED) is 0.852. The monoisotopic (exact) mass is 354 g/mol. The van der Waals surface area contributed by atoms with Crippen molar-refractivity contribution in [2.75, 3.05) is 37.6 Å². The smallest absolute Gasteiger partial charge is 0.321 e. The van der Waals surface area contributed by atoms with Crippen molar-refractivity contribution >= 4 is 17.6 Å². The van der Waals surface area contributed by atoms with Crippen LogP contribution in [0.1, 0.15) is 22.2 Å². The number of amides is 3. The molecular formula is C18H22N6O2. The van der Waals surface area contributed by atoms with E-state index in [9.17, 15) is 9.59 Å². The van der Waals surface area contributed by atoms with E-state index in [0.717, 1.165) is 18.1 Å². The summed E-state index contributed by atoms with van der Waals surface area (Å²) in [6.07, 6.45) is 3.64. The fraction of sp³-hybridized carbons (Fsp3) is 0.389. The Morgan fingerprint density at radius 3 is 2.65 bits per heavy atom. The van der Waals surface area contributed by atoms with Gasteiger partial charge in [-0.25, -0.2) is 9.78 Å². The summed E-state index contributed by atoms with van der Waals surface area (Å²) in [7, 11) is 1.94. The van der Waals surface area contributed by atoms with Crippen LogP contribution in [0.15, 0.2) is 36.7 Å². The molecule has 26 heavy (non-hydrogen) atoms. The van der Waals surface area contributed by atoms with E-state index in [2.05, 4.69) is 15.6 Å². The van der Waals surface area contributed by atoms with Crippen LogP contribution in [-0.2, 0) is 7.05 Å². The van der Waals surface area contributed by atoms with Gasteiger partial charge in [0.15, 0.2) is 0 Å². The van der Waals surface area contributed by atoms with Crippen LogP contribution in [0, 0.1) is 0 Å². The predicted octanol–water partition coefficient (Wildman–Crippen LogP) is 0.736. The van der Waals surface area contributed by atoms with E-state index in [4.69, 9.17) is 0 Å². The zero-order chi connectivity index (χ0) is 18.1. The highest BCUT2D eigenvalue weighted by Crippen LogP contribution is 2.24. The predicted molar refractivity (Wildman–Crippen MR) is 97.0 cm³/mol. The lowest BCUT2D eigenvalue weighted by molar-refractivity contribution is 0.0621. The molecule has 0 saturated carbocycles. The van der Waals surface area contributed by atoms with Crippen molar-refractivity contribution in [3.8, 4) is 0 Å². The van der Waals surface area contributed by atoms with Gasteiger partial charge in [0.05, 0.1) is 0 Å². The van der Waals surface area contributed by atoms with Gasteiger partial charge in [-0.3, -0.25) is 9.69 Å². The van der Waals surface area contributed by atoms with E-state index in [1.807, 2.05) is 34.8 Å². The van der Waals surface area contributed by atoms with E-state index >= 15 is 0 Å². The lowest BCUT2D eigenvalue weighted by Crippen LogP contribution is -2.49. The maximum Gasteiger partial charge on any atom is 0.321 e. The van der Waals surface area contributed by atoms with Gasteiger partial charge in [-0.05, 0) is 24.3 Å². The van der Waals surface area contributed by atoms with Gasteiger partial charge in [-0.2, -0.15) is 0 Å². The first-order chi connectivity index (χ1) is 12.6. The highest BCUT2D eigenvalue weighted by Gasteiger charge is 2.31. The maximum atomic E-state index is 13.1. The van der Waals surface area contributed by atoms with Crippen molar-refractivity contribution in [3.05, 3.63) is 48.0 Å². The number of aromatic nitrogens is 2. The van der Waals surface area contributed by atoms with E-state index < -0.39 is 0 Å². The van der Waals surface area contributed by atoms with Crippen molar-refractivity contribution in [2.24, 2.45) is 7.05 Å². The molecule has 0 spiro atoms. The molecule has 1 aromatic heterocycles. The zero-order valence-corrected chi connectivity index (χ0v) is 14.7. The molecule has 8 heteroatoms. The molecule has 2 fully saturated rings. The average Bonchev–Trinajstić information content (AvgIpc) is 3.29. The summed E-state index contributed by atoms with van der Waals surface area (Å²) in [5.74, 6) is 0.854. The van der Waals surface area contributed by atoms with Gasteiger partial charge in [-0.1, -0.05) is 0 Å². The van der Waals surface area contributed by atoms with Gasteiger partial charge < -0.3 is 20.1 Å². The topological polar surface area (TPSA) is 82.5 Å². The molecular weight excluding hydrogens is 332 g/mol. The largest absolute Gasteiger partial charge is 0.336 e. The number of nitrogens with zero attached hydrogens (tertiary/aromatic N) is 4. The third-order valence-corrected chi connectivity index (χ3v) is 4.94. The van der Waals surface area contributed by atoms with Gasteiger partial charge in [0.1, 0.15) is 11.9 Å². The number of piperazine rings is 1. The maximum absolute atomic E-state index is 13.1. The lowest BCUT2D eigenvalue weighted by atomic mass is 10.1. The second-order valence-electron chi connectivity index (χ2n) is 6.55. The number of benzene rings is 1. The van der Waals surface area contributed by atoms with Crippen LogP contribution < -0.4 is 15.5 Å². The molecule has 0 bridgehead atoms. The molecule has 1 aromatic carbocycles. The number of nitrogens with one attached hydrogen (secondary N) is 2. The van der Waals surface area contributed by atoms with Gasteiger partial charge in [0.2, 0.25) is 0 Å². The molecule has 2 N–H and O–H groups in total. The Hall–Kier alpha value is -2.87.